The third-order valence-electron chi connectivity index (χ3n) is 4.22. The highest BCUT2D eigenvalue weighted by atomic mass is 35.5. The van der Waals surface area contributed by atoms with E-state index in [1.54, 1.807) is 28.8 Å². The zero-order valence-corrected chi connectivity index (χ0v) is 16.2. The summed E-state index contributed by atoms with van der Waals surface area (Å²) in [6.07, 6.45) is 0.715. The monoisotopic (exact) mass is 383 g/mol. The first-order valence-electron chi connectivity index (χ1n) is 8.78. The van der Waals surface area contributed by atoms with E-state index in [1.807, 2.05) is 55.6 Å². The van der Waals surface area contributed by atoms with Crippen LogP contribution in [-0.2, 0) is 7.05 Å². The summed E-state index contributed by atoms with van der Waals surface area (Å²) in [6.45, 7) is 1.09. The van der Waals surface area contributed by atoms with Crippen LogP contribution in [0.25, 0.3) is 11.3 Å². The van der Waals surface area contributed by atoms with Gasteiger partial charge in [0, 0.05) is 25.7 Å². The fraction of sp³-hybridized carbons (Fsp3) is 0.238. The maximum atomic E-state index is 12.6. The number of aryl methyl sites for hydroxylation is 1. The van der Waals surface area contributed by atoms with Crippen LogP contribution in [0.4, 0.5) is 0 Å². The largest absolute Gasteiger partial charge is 0.493 e. The van der Waals surface area contributed by atoms with Crippen LogP contribution in [0.15, 0.2) is 60.7 Å². The van der Waals surface area contributed by atoms with Gasteiger partial charge in [-0.15, -0.1) is 0 Å². The molecule has 0 atom stereocenters. The van der Waals surface area contributed by atoms with E-state index in [0.29, 0.717) is 30.3 Å². The molecule has 0 spiro atoms. The van der Waals surface area contributed by atoms with Gasteiger partial charge < -0.3 is 9.64 Å². The number of ether oxygens (including phenoxy) is 1. The van der Waals surface area contributed by atoms with Crippen LogP contribution in [0.2, 0.25) is 5.02 Å². The van der Waals surface area contributed by atoms with E-state index < -0.39 is 0 Å². The molecule has 0 bridgehead atoms. The molecule has 1 heterocycles. The third-order valence-corrected chi connectivity index (χ3v) is 4.45. The summed E-state index contributed by atoms with van der Waals surface area (Å²) >= 11 is 5.93. The molecular formula is C21H22ClN3O2. The normalized spacial score (nSPS) is 10.6. The van der Waals surface area contributed by atoms with Crippen molar-refractivity contribution in [3.05, 3.63) is 71.4 Å². The summed E-state index contributed by atoms with van der Waals surface area (Å²) in [5, 5.41) is 5.02. The predicted octanol–water partition coefficient (Wildman–Crippen LogP) is 4.28. The van der Waals surface area contributed by atoms with Crippen LogP contribution in [0, 0.1) is 0 Å². The second-order valence-corrected chi connectivity index (χ2v) is 6.73. The maximum Gasteiger partial charge on any atom is 0.274 e. The van der Waals surface area contributed by atoms with Crippen molar-refractivity contribution >= 4 is 17.5 Å². The standard InChI is InChI=1S/C21H22ClN3O2/c1-24(12-7-13-27-18-11-6-10-17(22)14-18)21(26)19-15-20(25(2)23-19)16-8-4-3-5-9-16/h3-6,8-11,14-15H,7,12-13H2,1-2H3. The average molecular weight is 384 g/mol. The van der Waals surface area contributed by atoms with Gasteiger partial charge in [-0.1, -0.05) is 48.0 Å². The topological polar surface area (TPSA) is 47.4 Å². The molecule has 0 saturated carbocycles. The van der Waals surface area contributed by atoms with Crippen molar-refractivity contribution in [1.82, 2.24) is 14.7 Å². The molecule has 0 radical (unpaired) electrons. The van der Waals surface area contributed by atoms with Crippen molar-refractivity contribution < 1.29 is 9.53 Å². The summed E-state index contributed by atoms with van der Waals surface area (Å²) in [7, 11) is 3.62. The number of hydrogen-bond donors (Lipinski definition) is 0. The predicted molar refractivity (Wildman–Crippen MR) is 107 cm³/mol. The van der Waals surface area contributed by atoms with Crippen molar-refractivity contribution in [2.24, 2.45) is 7.05 Å². The summed E-state index contributed by atoms with van der Waals surface area (Å²) in [6, 6.07) is 19.0. The minimum Gasteiger partial charge on any atom is -0.493 e. The Hall–Kier alpha value is -2.79. The SMILES string of the molecule is CN(CCCOc1cccc(Cl)c1)C(=O)c1cc(-c2ccccc2)n(C)n1. The lowest BCUT2D eigenvalue weighted by molar-refractivity contribution is 0.0781. The van der Waals surface area contributed by atoms with Crippen LogP contribution in [0.5, 0.6) is 5.75 Å². The van der Waals surface area contributed by atoms with Crippen LogP contribution >= 0.6 is 11.6 Å². The van der Waals surface area contributed by atoms with Crippen molar-refractivity contribution in [3.63, 3.8) is 0 Å². The Balaban J connectivity index is 1.54. The number of nitrogens with zero attached hydrogens (tertiary/aromatic N) is 3. The Morgan fingerprint density at radius 1 is 1.15 bits per heavy atom. The number of halogens is 1. The van der Waals surface area contributed by atoms with Gasteiger partial charge in [-0.05, 0) is 36.2 Å². The maximum absolute atomic E-state index is 12.6. The number of amides is 1. The highest BCUT2D eigenvalue weighted by Gasteiger charge is 2.17. The number of carbonyl (C=O) groups excluding carboxylic acids is 1. The Bertz CT molecular complexity index is 909. The molecule has 0 N–H and O–H groups in total. The van der Waals surface area contributed by atoms with Gasteiger partial charge in [-0.25, -0.2) is 0 Å². The molecule has 0 fully saturated rings. The molecule has 5 nitrogen and oxygen atoms in total. The van der Waals surface area contributed by atoms with Crippen LogP contribution < -0.4 is 4.74 Å². The zero-order chi connectivity index (χ0) is 19.2. The fourth-order valence-electron chi connectivity index (χ4n) is 2.80. The lowest BCUT2D eigenvalue weighted by atomic mass is 10.1. The fourth-order valence-corrected chi connectivity index (χ4v) is 2.98. The van der Waals surface area contributed by atoms with Gasteiger partial charge in [0.1, 0.15) is 5.75 Å². The highest BCUT2D eigenvalue weighted by molar-refractivity contribution is 6.30. The number of aromatic nitrogens is 2. The smallest absolute Gasteiger partial charge is 0.274 e. The Kier molecular flexibility index (Phi) is 6.14. The minimum atomic E-state index is -0.101. The second-order valence-electron chi connectivity index (χ2n) is 6.29. The van der Waals surface area contributed by atoms with Gasteiger partial charge in [0.2, 0.25) is 0 Å². The molecule has 0 unspecified atom stereocenters. The molecule has 0 saturated heterocycles. The highest BCUT2D eigenvalue weighted by Crippen LogP contribution is 2.20. The summed E-state index contributed by atoms with van der Waals surface area (Å²) < 4.78 is 7.40. The summed E-state index contributed by atoms with van der Waals surface area (Å²) in [5.41, 5.74) is 2.38. The molecular weight excluding hydrogens is 362 g/mol. The first-order chi connectivity index (χ1) is 13.0. The third kappa shape index (κ3) is 4.89. The van der Waals surface area contributed by atoms with Gasteiger partial charge in [-0.3, -0.25) is 9.48 Å². The molecule has 1 aromatic heterocycles. The molecule has 3 aromatic rings. The van der Waals surface area contributed by atoms with E-state index in [-0.39, 0.29) is 5.91 Å². The molecule has 0 aliphatic heterocycles. The molecule has 0 aliphatic rings. The molecule has 27 heavy (non-hydrogen) atoms. The Morgan fingerprint density at radius 3 is 2.67 bits per heavy atom. The first-order valence-corrected chi connectivity index (χ1v) is 9.15. The number of rotatable bonds is 7. The second kappa shape index (κ2) is 8.73. The lowest BCUT2D eigenvalue weighted by Crippen LogP contribution is -2.29. The van der Waals surface area contributed by atoms with Crippen molar-refractivity contribution in [2.75, 3.05) is 20.2 Å². The molecule has 140 valence electrons. The van der Waals surface area contributed by atoms with Crippen molar-refractivity contribution in [1.29, 1.82) is 0 Å². The van der Waals surface area contributed by atoms with E-state index >= 15 is 0 Å². The minimum absolute atomic E-state index is 0.101. The van der Waals surface area contributed by atoms with Gasteiger partial charge in [0.05, 0.1) is 12.3 Å². The molecule has 3 rings (SSSR count). The first kappa shape index (κ1) is 19.0. The summed E-state index contributed by atoms with van der Waals surface area (Å²) in [4.78, 5) is 14.3. The van der Waals surface area contributed by atoms with E-state index in [1.165, 1.54) is 0 Å². The Labute approximate surface area is 164 Å². The van der Waals surface area contributed by atoms with E-state index in [2.05, 4.69) is 5.10 Å². The van der Waals surface area contributed by atoms with Crippen LogP contribution in [0.1, 0.15) is 16.9 Å². The molecule has 6 heteroatoms. The van der Waals surface area contributed by atoms with Crippen molar-refractivity contribution in [2.45, 2.75) is 6.42 Å². The van der Waals surface area contributed by atoms with Crippen molar-refractivity contribution in [3.8, 4) is 17.0 Å². The molecule has 2 aromatic carbocycles. The quantitative estimate of drug-likeness (QED) is 0.572. The Morgan fingerprint density at radius 2 is 1.93 bits per heavy atom. The van der Waals surface area contributed by atoms with Gasteiger partial charge in [0.15, 0.2) is 5.69 Å². The number of carbonyl (C=O) groups is 1. The number of hydrogen-bond acceptors (Lipinski definition) is 3. The van der Waals surface area contributed by atoms with E-state index in [0.717, 1.165) is 17.0 Å². The van der Waals surface area contributed by atoms with Crippen LogP contribution in [0.3, 0.4) is 0 Å². The summed E-state index contributed by atoms with van der Waals surface area (Å²) in [5.74, 6) is 0.629. The van der Waals surface area contributed by atoms with E-state index in [4.69, 9.17) is 16.3 Å². The van der Waals surface area contributed by atoms with Gasteiger partial charge in [-0.2, -0.15) is 5.10 Å². The van der Waals surface area contributed by atoms with Crippen LogP contribution in [-0.4, -0.2) is 40.8 Å². The van der Waals surface area contributed by atoms with Gasteiger partial charge in [0.25, 0.3) is 5.91 Å². The number of benzene rings is 2. The van der Waals surface area contributed by atoms with E-state index in [9.17, 15) is 4.79 Å². The average Bonchev–Trinajstić information content (AvgIpc) is 3.07. The lowest BCUT2D eigenvalue weighted by Gasteiger charge is -2.16. The zero-order valence-electron chi connectivity index (χ0n) is 15.4. The molecule has 0 aliphatic carbocycles. The molecule has 1 amide bonds. The van der Waals surface area contributed by atoms with Gasteiger partial charge >= 0.3 is 0 Å².